The number of halogens is 1. The fraction of sp³-hybridized carbons (Fsp3) is 0.857. The van der Waals surface area contributed by atoms with Gasteiger partial charge in [0.1, 0.15) is 25.1 Å². The lowest BCUT2D eigenvalue weighted by molar-refractivity contribution is -0.163. The first-order valence-corrected chi connectivity index (χ1v) is 9.40. The van der Waals surface area contributed by atoms with E-state index in [9.17, 15) is 22.4 Å². The summed E-state index contributed by atoms with van der Waals surface area (Å²) in [7, 11) is -4.46. The number of rotatable bonds is 7. The van der Waals surface area contributed by atoms with E-state index >= 15 is 0 Å². The van der Waals surface area contributed by atoms with Gasteiger partial charge in [-0.25, -0.2) is 9.18 Å². The highest BCUT2D eigenvalue weighted by Gasteiger charge is 2.58. The van der Waals surface area contributed by atoms with Crippen molar-refractivity contribution in [2.45, 2.75) is 37.6 Å². The lowest BCUT2D eigenvalue weighted by Gasteiger charge is -2.30. The summed E-state index contributed by atoms with van der Waals surface area (Å²) in [5.41, 5.74) is 0. The zero-order valence-corrected chi connectivity index (χ0v) is 13.6. The molecule has 136 valence electrons. The third kappa shape index (κ3) is 3.86. The zero-order chi connectivity index (χ0) is 17.5. The van der Waals surface area contributed by atoms with Crippen LogP contribution < -0.4 is 0 Å². The van der Waals surface area contributed by atoms with Gasteiger partial charge in [0.15, 0.2) is 6.17 Å². The average Bonchev–Trinajstić information content (AvgIpc) is 2.90. The number of hydrogen-bond donors (Lipinski definition) is 1. The van der Waals surface area contributed by atoms with Crippen molar-refractivity contribution >= 4 is 22.1 Å². The molecule has 6 unspecified atom stereocenters. The summed E-state index contributed by atoms with van der Waals surface area (Å²) in [4.78, 5) is 23.2. The number of carbonyl (C=O) groups is 2. The summed E-state index contributed by atoms with van der Waals surface area (Å²) in [6.07, 6.45) is -0.490. The van der Waals surface area contributed by atoms with Crippen molar-refractivity contribution in [3.05, 3.63) is 0 Å². The maximum Gasteiger partial charge on any atom is 0.332 e. The topological polar surface area (TPSA) is 116 Å². The van der Waals surface area contributed by atoms with Crippen molar-refractivity contribution < 1.29 is 41.2 Å². The van der Waals surface area contributed by atoms with Crippen LogP contribution >= 0.6 is 0 Å². The molecule has 6 atom stereocenters. The maximum absolute atomic E-state index is 13.2. The minimum atomic E-state index is -4.46. The van der Waals surface area contributed by atoms with Gasteiger partial charge >= 0.3 is 11.9 Å². The van der Waals surface area contributed by atoms with Crippen molar-refractivity contribution in [3.63, 3.8) is 0 Å². The van der Waals surface area contributed by atoms with Crippen LogP contribution in [0.25, 0.3) is 0 Å². The zero-order valence-electron chi connectivity index (χ0n) is 12.8. The molecule has 2 saturated heterocycles. The Morgan fingerprint density at radius 3 is 2.83 bits per heavy atom. The molecule has 2 aliphatic heterocycles. The summed E-state index contributed by atoms with van der Waals surface area (Å²) in [5.74, 6) is -1.56. The Bertz CT molecular complexity index is 620. The van der Waals surface area contributed by atoms with Crippen LogP contribution in [-0.4, -0.2) is 62.3 Å². The summed E-state index contributed by atoms with van der Waals surface area (Å²) >= 11 is 0. The lowest BCUT2D eigenvalue weighted by atomic mass is 9.84. The van der Waals surface area contributed by atoms with E-state index in [0.29, 0.717) is 6.42 Å². The fourth-order valence-corrected chi connectivity index (χ4v) is 4.63. The predicted octanol–water partition coefficient (Wildman–Crippen LogP) is 0.112. The van der Waals surface area contributed by atoms with Gasteiger partial charge in [0, 0.05) is 6.42 Å². The maximum atomic E-state index is 13.2. The van der Waals surface area contributed by atoms with Crippen molar-refractivity contribution in [1.29, 1.82) is 0 Å². The molecule has 2 heterocycles. The second-order valence-corrected chi connectivity index (χ2v) is 8.12. The van der Waals surface area contributed by atoms with Crippen LogP contribution in [0.1, 0.15) is 19.3 Å². The Morgan fingerprint density at radius 1 is 1.38 bits per heavy atom. The molecular formula is C14H19FO8S. The van der Waals surface area contributed by atoms with Crippen molar-refractivity contribution in [2.24, 2.45) is 17.8 Å². The number of ether oxygens (including phenoxy) is 3. The first-order valence-electron chi connectivity index (χ1n) is 7.79. The third-order valence-corrected chi connectivity index (χ3v) is 5.69. The van der Waals surface area contributed by atoms with Gasteiger partial charge in [0.2, 0.25) is 0 Å². The van der Waals surface area contributed by atoms with Gasteiger partial charge in [-0.15, -0.1) is 0 Å². The molecule has 0 radical (unpaired) electrons. The predicted molar refractivity (Wildman–Crippen MR) is 76.2 cm³/mol. The van der Waals surface area contributed by atoms with E-state index in [1.807, 2.05) is 0 Å². The molecule has 4 aliphatic rings. The highest BCUT2D eigenvalue weighted by molar-refractivity contribution is 7.85. The summed E-state index contributed by atoms with van der Waals surface area (Å²) < 4.78 is 58.3. The van der Waals surface area contributed by atoms with Crippen molar-refractivity contribution in [2.75, 3.05) is 19.0 Å². The molecular weight excluding hydrogens is 347 g/mol. The molecule has 2 saturated carbocycles. The Hall–Kier alpha value is -1.26. The van der Waals surface area contributed by atoms with Gasteiger partial charge in [-0.05, 0) is 30.6 Å². The molecule has 0 amide bonds. The minimum Gasteiger partial charge on any atom is -0.461 e. The SMILES string of the molecule is O=C(COC1C2CC3CC2CC(=O)OC31)OCC(F)CS(=O)(=O)O. The average molecular weight is 366 g/mol. The molecule has 0 aromatic rings. The highest BCUT2D eigenvalue weighted by Crippen LogP contribution is 2.54. The Kier molecular flexibility index (Phi) is 4.80. The van der Waals surface area contributed by atoms with Gasteiger partial charge < -0.3 is 14.2 Å². The molecule has 0 aromatic heterocycles. The third-order valence-electron chi connectivity index (χ3n) is 4.90. The standard InChI is InChI=1S/C14H19FO8S/c15-9(6-24(18,19)20)4-21-12(17)5-22-14-10-2-8-1-7(10)3-11(16)23-13(8)14/h7-10,13-14H,1-6H2,(H,18,19,20). The van der Waals surface area contributed by atoms with E-state index in [1.165, 1.54) is 0 Å². The summed E-state index contributed by atoms with van der Waals surface area (Å²) in [6, 6.07) is 0. The van der Waals surface area contributed by atoms with E-state index in [-0.39, 0.29) is 35.9 Å². The molecule has 0 spiro atoms. The van der Waals surface area contributed by atoms with E-state index in [1.54, 1.807) is 0 Å². The lowest BCUT2D eigenvalue weighted by Crippen LogP contribution is -2.39. The second kappa shape index (κ2) is 6.57. The van der Waals surface area contributed by atoms with Crippen LogP contribution in [-0.2, 0) is 33.9 Å². The Balaban J connectivity index is 1.45. The summed E-state index contributed by atoms with van der Waals surface area (Å²) in [6.45, 7) is -1.20. The number of alkyl halides is 1. The number of hydrogen-bond acceptors (Lipinski definition) is 7. The molecule has 1 N–H and O–H groups in total. The van der Waals surface area contributed by atoms with E-state index in [0.717, 1.165) is 12.8 Å². The van der Waals surface area contributed by atoms with Crippen LogP contribution in [0.3, 0.4) is 0 Å². The van der Waals surface area contributed by atoms with Gasteiger partial charge in [-0.2, -0.15) is 8.42 Å². The van der Waals surface area contributed by atoms with Gasteiger partial charge in [-0.1, -0.05) is 0 Å². The van der Waals surface area contributed by atoms with E-state index < -0.39 is 41.2 Å². The monoisotopic (exact) mass is 366 g/mol. The Morgan fingerprint density at radius 2 is 2.12 bits per heavy atom. The molecule has 2 aliphatic carbocycles. The van der Waals surface area contributed by atoms with Crippen LogP contribution in [0.5, 0.6) is 0 Å². The normalized spacial score (nSPS) is 35.6. The number of carbonyl (C=O) groups excluding carboxylic acids is 2. The number of fused-ring (bicyclic) bond motifs is 2. The van der Waals surface area contributed by atoms with Gasteiger partial charge in [-0.3, -0.25) is 9.35 Å². The molecule has 4 fully saturated rings. The molecule has 4 bridgehead atoms. The van der Waals surface area contributed by atoms with Crippen LogP contribution in [0, 0.1) is 17.8 Å². The van der Waals surface area contributed by atoms with Gasteiger partial charge in [0.05, 0.1) is 6.10 Å². The molecule has 10 heteroatoms. The first kappa shape index (κ1) is 17.6. The highest BCUT2D eigenvalue weighted by atomic mass is 32.2. The number of esters is 2. The quantitative estimate of drug-likeness (QED) is 0.499. The second-order valence-electron chi connectivity index (χ2n) is 6.62. The van der Waals surface area contributed by atoms with Crippen molar-refractivity contribution in [1.82, 2.24) is 0 Å². The van der Waals surface area contributed by atoms with Crippen LogP contribution in [0.15, 0.2) is 0 Å². The molecule has 8 nitrogen and oxygen atoms in total. The fourth-order valence-electron chi connectivity index (χ4n) is 4.08. The van der Waals surface area contributed by atoms with Crippen LogP contribution in [0.4, 0.5) is 4.39 Å². The van der Waals surface area contributed by atoms with E-state index in [2.05, 4.69) is 4.74 Å². The Labute approximate surface area is 138 Å². The van der Waals surface area contributed by atoms with Crippen molar-refractivity contribution in [3.8, 4) is 0 Å². The largest absolute Gasteiger partial charge is 0.461 e. The van der Waals surface area contributed by atoms with Crippen LogP contribution in [0.2, 0.25) is 0 Å². The minimum absolute atomic E-state index is 0.174. The van der Waals surface area contributed by atoms with E-state index in [4.69, 9.17) is 14.0 Å². The molecule has 4 rings (SSSR count). The van der Waals surface area contributed by atoms with Gasteiger partial charge in [0.25, 0.3) is 10.1 Å². The summed E-state index contributed by atoms with van der Waals surface area (Å²) in [5, 5.41) is 0. The first-order chi connectivity index (χ1) is 11.2. The molecule has 24 heavy (non-hydrogen) atoms. The molecule has 0 aromatic carbocycles. The smallest absolute Gasteiger partial charge is 0.332 e.